The predicted molar refractivity (Wildman–Crippen MR) is 77.3 cm³/mol. The van der Waals surface area contributed by atoms with Gasteiger partial charge >= 0.3 is 0 Å². The van der Waals surface area contributed by atoms with Crippen molar-refractivity contribution in [2.45, 2.75) is 27.7 Å². The molecule has 0 amide bonds. The molecule has 0 aliphatic carbocycles. The molecule has 0 unspecified atom stereocenters. The lowest BCUT2D eigenvalue weighted by Crippen LogP contribution is -2.01. The van der Waals surface area contributed by atoms with Gasteiger partial charge in [0.1, 0.15) is 12.1 Å². The Hall–Kier alpha value is -2.10. The zero-order chi connectivity index (χ0) is 14.0. The molecule has 0 saturated carbocycles. The Balaban J connectivity index is 2.57. The van der Waals surface area contributed by atoms with Crippen LogP contribution >= 0.6 is 0 Å². The molecule has 0 bridgehead atoms. The van der Waals surface area contributed by atoms with E-state index in [1.54, 1.807) is 6.33 Å². The van der Waals surface area contributed by atoms with Crippen molar-refractivity contribution in [2.75, 3.05) is 12.3 Å². The summed E-state index contributed by atoms with van der Waals surface area (Å²) >= 11 is 0. The molecule has 100 valence electrons. The van der Waals surface area contributed by atoms with Crippen LogP contribution in [0.3, 0.4) is 0 Å². The number of rotatable bonds is 3. The first-order valence-electron chi connectivity index (χ1n) is 6.36. The molecule has 19 heavy (non-hydrogen) atoms. The highest BCUT2D eigenvalue weighted by atomic mass is 16.5. The number of hydrogen-bond donors (Lipinski definition) is 1. The number of aromatic nitrogens is 2. The van der Waals surface area contributed by atoms with Crippen LogP contribution in [0.4, 0.5) is 5.69 Å². The van der Waals surface area contributed by atoms with Gasteiger partial charge in [-0.25, -0.2) is 9.97 Å². The topological polar surface area (TPSA) is 61.0 Å². The van der Waals surface area contributed by atoms with Gasteiger partial charge in [0.25, 0.3) is 0 Å². The SMILES string of the molecule is CCOc1cc(C)c(-c2ncnc(C)c2N)cc1C. The largest absolute Gasteiger partial charge is 0.494 e. The Morgan fingerprint density at radius 3 is 2.53 bits per heavy atom. The lowest BCUT2D eigenvalue weighted by molar-refractivity contribution is 0.337. The number of hydrogen-bond acceptors (Lipinski definition) is 4. The van der Waals surface area contributed by atoms with E-state index in [0.29, 0.717) is 12.3 Å². The average molecular weight is 257 g/mol. The average Bonchev–Trinajstić information content (AvgIpc) is 2.37. The summed E-state index contributed by atoms with van der Waals surface area (Å²) < 4.78 is 5.60. The molecule has 0 aliphatic rings. The van der Waals surface area contributed by atoms with Crippen molar-refractivity contribution in [2.24, 2.45) is 0 Å². The van der Waals surface area contributed by atoms with Crippen molar-refractivity contribution in [1.29, 1.82) is 0 Å². The fourth-order valence-corrected chi connectivity index (χ4v) is 2.05. The fraction of sp³-hybridized carbons (Fsp3) is 0.333. The lowest BCUT2D eigenvalue weighted by Gasteiger charge is -2.13. The van der Waals surface area contributed by atoms with Gasteiger partial charge in [-0.1, -0.05) is 0 Å². The van der Waals surface area contributed by atoms with Crippen molar-refractivity contribution in [1.82, 2.24) is 9.97 Å². The molecule has 2 rings (SSSR count). The van der Waals surface area contributed by atoms with Crippen LogP contribution in [-0.2, 0) is 0 Å². The van der Waals surface area contributed by atoms with Gasteiger partial charge in [-0.15, -0.1) is 0 Å². The minimum absolute atomic E-state index is 0.633. The monoisotopic (exact) mass is 257 g/mol. The Bertz CT molecular complexity index is 609. The molecule has 0 spiro atoms. The zero-order valence-corrected chi connectivity index (χ0v) is 11.8. The number of anilines is 1. The molecule has 0 atom stereocenters. The van der Waals surface area contributed by atoms with Gasteiger partial charge in [0, 0.05) is 5.56 Å². The van der Waals surface area contributed by atoms with Crippen LogP contribution in [-0.4, -0.2) is 16.6 Å². The summed E-state index contributed by atoms with van der Waals surface area (Å²) in [6.45, 7) is 8.59. The smallest absolute Gasteiger partial charge is 0.122 e. The third-order valence-corrected chi connectivity index (χ3v) is 3.16. The van der Waals surface area contributed by atoms with Crippen molar-refractivity contribution in [3.8, 4) is 17.0 Å². The van der Waals surface area contributed by atoms with E-state index < -0.39 is 0 Å². The molecule has 1 heterocycles. The summed E-state index contributed by atoms with van der Waals surface area (Å²) in [4.78, 5) is 8.41. The molecule has 4 nitrogen and oxygen atoms in total. The molecule has 0 fully saturated rings. The van der Waals surface area contributed by atoms with E-state index in [0.717, 1.165) is 33.8 Å². The predicted octanol–water partition coefficient (Wildman–Crippen LogP) is 3.05. The summed E-state index contributed by atoms with van der Waals surface area (Å²) in [6, 6.07) is 4.10. The summed E-state index contributed by atoms with van der Waals surface area (Å²) in [6.07, 6.45) is 1.55. The van der Waals surface area contributed by atoms with Crippen molar-refractivity contribution in [3.63, 3.8) is 0 Å². The maximum atomic E-state index is 6.07. The maximum absolute atomic E-state index is 6.07. The van der Waals surface area contributed by atoms with Crippen LogP contribution in [0.1, 0.15) is 23.7 Å². The molecule has 0 radical (unpaired) electrons. The van der Waals surface area contributed by atoms with E-state index in [9.17, 15) is 0 Å². The van der Waals surface area contributed by atoms with Crippen molar-refractivity contribution >= 4 is 5.69 Å². The Labute approximate surface area is 113 Å². The van der Waals surface area contributed by atoms with E-state index in [-0.39, 0.29) is 0 Å². The van der Waals surface area contributed by atoms with Gasteiger partial charge in [0.2, 0.25) is 0 Å². The fourth-order valence-electron chi connectivity index (χ4n) is 2.05. The number of nitrogens with two attached hydrogens (primary N) is 1. The second-order valence-corrected chi connectivity index (χ2v) is 4.59. The molecule has 2 aromatic rings. The third-order valence-electron chi connectivity index (χ3n) is 3.16. The summed E-state index contributed by atoms with van der Waals surface area (Å²) in [5, 5.41) is 0. The third kappa shape index (κ3) is 2.52. The number of aryl methyl sites for hydroxylation is 3. The van der Waals surface area contributed by atoms with E-state index in [4.69, 9.17) is 10.5 Å². The zero-order valence-electron chi connectivity index (χ0n) is 11.8. The number of nitrogen functional groups attached to an aromatic ring is 1. The highest BCUT2D eigenvalue weighted by Crippen LogP contribution is 2.32. The second kappa shape index (κ2) is 5.26. The van der Waals surface area contributed by atoms with Crippen LogP contribution in [0.15, 0.2) is 18.5 Å². The number of benzene rings is 1. The highest BCUT2D eigenvalue weighted by Gasteiger charge is 2.12. The minimum atomic E-state index is 0.633. The quantitative estimate of drug-likeness (QED) is 0.918. The standard InChI is InChI=1S/C15H19N3O/c1-5-19-13-7-9(2)12(6-10(13)3)15-14(16)11(4)17-8-18-15/h6-8H,5,16H2,1-4H3. The first-order valence-corrected chi connectivity index (χ1v) is 6.36. The number of ether oxygens (including phenoxy) is 1. The molecule has 1 aromatic heterocycles. The van der Waals surface area contributed by atoms with E-state index >= 15 is 0 Å². The van der Waals surface area contributed by atoms with Gasteiger partial charge in [0.15, 0.2) is 0 Å². The van der Waals surface area contributed by atoms with Gasteiger partial charge in [0.05, 0.1) is 23.7 Å². The Morgan fingerprint density at radius 2 is 1.84 bits per heavy atom. The highest BCUT2D eigenvalue weighted by molar-refractivity contribution is 5.77. The molecule has 0 saturated heterocycles. The van der Waals surface area contributed by atoms with Gasteiger partial charge in [-0.2, -0.15) is 0 Å². The van der Waals surface area contributed by atoms with Crippen LogP contribution in [0.5, 0.6) is 5.75 Å². The van der Waals surface area contributed by atoms with Crippen molar-refractivity contribution in [3.05, 3.63) is 35.3 Å². The van der Waals surface area contributed by atoms with Crippen LogP contribution in [0.2, 0.25) is 0 Å². The molecule has 4 heteroatoms. The van der Waals surface area contributed by atoms with Crippen LogP contribution in [0, 0.1) is 20.8 Å². The van der Waals surface area contributed by atoms with Crippen molar-refractivity contribution < 1.29 is 4.74 Å². The lowest BCUT2D eigenvalue weighted by atomic mass is 10.0. The first kappa shape index (κ1) is 13.3. The number of nitrogens with zero attached hydrogens (tertiary/aromatic N) is 2. The summed E-state index contributed by atoms with van der Waals surface area (Å²) in [7, 11) is 0. The van der Waals surface area contributed by atoms with Gasteiger partial charge in [-0.3, -0.25) is 0 Å². The molecular formula is C15H19N3O. The Kier molecular flexibility index (Phi) is 3.69. The van der Waals surface area contributed by atoms with Crippen LogP contribution in [0.25, 0.3) is 11.3 Å². The maximum Gasteiger partial charge on any atom is 0.122 e. The normalized spacial score (nSPS) is 10.5. The van der Waals surface area contributed by atoms with E-state index in [1.807, 2.05) is 33.8 Å². The minimum Gasteiger partial charge on any atom is -0.494 e. The molecule has 0 aliphatic heterocycles. The first-order chi connectivity index (χ1) is 9.04. The molecule has 1 aromatic carbocycles. The summed E-state index contributed by atoms with van der Waals surface area (Å²) in [5.74, 6) is 0.910. The Morgan fingerprint density at radius 1 is 1.11 bits per heavy atom. The molecular weight excluding hydrogens is 238 g/mol. The second-order valence-electron chi connectivity index (χ2n) is 4.59. The van der Waals surface area contributed by atoms with Gasteiger partial charge < -0.3 is 10.5 Å². The van der Waals surface area contributed by atoms with E-state index in [2.05, 4.69) is 16.0 Å². The summed E-state index contributed by atoms with van der Waals surface area (Å²) in [5.41, 5.74) is 11.5. The van der Waals surface area contributed by atoms with E-state index in [1.165, 1.54) is 0 Å². The molecule has 2 N–H and O–H groups in total. The van der Waals surface area contributed by atoms with Crippen LogP contribution < -0.4 is 10.5 Å². The van der Waals surface area contributed by atoms with Gasteiger partial charge in [-0.05, 0) is 51.0 Å².